The van der Waals surface area contributed by atoms with Gasteiger partial charge in [-0.25, -0.2) is 4.39 Å². The molecule has 3 aromatic rings. The lowest BCUT2D eigenvalue weighted by molar-refractivity contribution is -0.120. The lowest BCUT2D eigenvalue weighted by atomic mass is 10.1. The highest BCUT2D eigenvalue weighted by atomic mass is 32.1. The quantitative estimate of drug-likeness (QED) is 0.590. The fourth-order valence-electron chi connectivity index (χ4n) is 2.65. The second-order valence-corrected chi connectivity index (χ2v) is 7.00. The maximum atomic E-state index is 13.1. The van der Waals surface area contributed by atoms with Crippen molar-refractivity contribution in [2.75, 3.05) is 13.1 Å². The Labute approximate surface area is 156 Å². The van der Waals surface area contributed by atoms with Gasteiger partial charge in [-0.05, 0) is 40.3 Å². The standard InChI is InChI=1S/C21H21FN2OS/c22-19-8-4-5-16(11-19)12-21(25)24-10-9-23-14-20-13-18(15-26-20)17-6-2-1-3-7-17/h1-8,11,13,15,23H,9-10,12,14H2,(H,24,25). The normalized spacial score (nSPS) is 10.7. The molecule has 26 heavy (non-hydrogen) atoms. The monoisotopic (exact) mass is 368 g/mol. The number of carbonyl (C=O) groups is 1. The van der Waals surface area contributed by atoms with Gasteiger partial charge in [0.15, 0.2) is 0 Å². The van der Waals surface area contributed by atoms with E-state index in [1.165, 1.54) is 28.1 Å². The van der Waals surface area contributed by atoms with E-state index < -0.39 is 0 Å². The van der Waals surface area contributed by atoms with E-state index in [1.54, 1.807) is 23.5 Å². The van der Waals surface area contributed by atoms with Crippen molar-refractivity contribution in [3.8, 4) is 11.1 Å². The van der Waals surface area contributed by atoms with Crippen LogP contribution in [0.25, 0.3) is 11.1 Å². The first-order chi connectivity index (χ1) is 12.7. The summed E-state index contributed by atoms with van der Waals surface area (Å²) in [4.78, 5) is 13.1. The van der Waals surface area contributed by atoms with Gasteiger partial charge in [0.1, 0.15) is 5.82 Å². The first-order valence-corrected chi connectivity index (χ1v) is 9.43. The van der Waals surface area contributed by atoms with Crippen molar-refractivity contribution in [1.29, 1.82) is 0 Å². The largest absolute Gasteiger partial charge is 0.355 e. The van der Waals surface area contributed by atoms with Gasteiger partial charge in [-0.15, -0.1) is 11.3 Å². The lowest BCUT2D eigenvalue weighted by Gasteiger charge is -2.06. The Kier molecular flexibility index (Phi) is 6.52. The molecule has 3 nitrogen and oxygen atoms in total. The maximum Gasteiger partial charge on any atom is 0.224 e. The Bertz CT molecular complexity index is 848. The van der Waals surface area contributed by atoms with Crippen molar-refractivity contribution in [3.05, 3.63) is 82.3 Å². The van der Waals surface area contributed by atoms with E-state index in [0.29, 0.717) is 18.7 Å². The van der Waals surface area contributed by atoms with Crippen molar-refractivity contribution in [2.24, 2.45) is 0 Å². The molecule has 1 aromatic heterocycles. The highest BCUT2D eigenvalue weighted by molar-refractivity contribution is 7.10. The summed E-state index contributed by atoms with van der Waals surface area (Å²) in [5, 5.41) is 8.34. The second kappa shape index (κ2) is 9.27. The summed E-state index contributed by atoms with van der Waals surface area (Å²) in [6, 6.07) is 18.6. The Balaban J connectivity index is 1.36. The molecule has 0 fully saturated rings. The molecule has 0 aliphatic carbocycles. The number of amides is 1. The van der Waals surface area contributed by atoms with Crippen LogP contribution in [0.4, 0.5) is 4.39 Å². The summed E-state index contributed by atoms with van der Waals surface area (Å²) in [5.41, 5.74) is 3.14. The smallest absolute Gasteiger partial charge is 0.224 e. The molecule has 0 spiro atoms. The molecule has 0 bridgehead atoms. The first kappa shape index (κ1) is 18.3. The van der Waals surface area contributed by atoms with Gasteiger partial charge in [-0.1, -0.05) is 42.5 Å². The molecule has 2 N–H and O–H groups in total. The van der Waals surface area contributed by atoms with Crippen LogP contribution in [-0.2, 0) is 17.8 Å². The molecule has 0 atom stereocenters. The molecular formula is C21H21FN2OS. The van der Waals surface area contributed by atoms with Crippen LogP contribution in [0.15, 0.2) is 66.0 Å². The summed E-state index contributed by atoms with van der Waals surface area (Å²) in [6.45, 7) is 2.01. The zero-order chi connectivity index (χ0) is 18.2. The Hall–Kier alpha value is -2.50. The van der Waals surface area contributed by atoms with Crippen molar-refractivity contribution < 1.29 is 9.18 Å². The zero-order valence-corrected chi connectivity index (χ0v) is 15.2. The van der Waals surface area contributed by atoms with E-state index in [-0.39, 0.29) is 18.1 Å². The minimum atomic E-state index is -0.317. The van der Waals surface area contributed by atoms with Gasteiger partial charge < -0.3 is 10.6 Å². The Morgan fingerprint density at radius 1 is 0.962 bits per heavy atom. The van der Waals surface area contributed by atoms with E-state index >= 15 is 0 Å². The van der Waals surface area contributed by atoms with Crippen molar-refractivity contribution in [1.82, 2.24) is 10.6 Å². The predicted octanol–water partition coefficient (Wildman–Crippen LogP) is 4.00. The first-order valence-electron chi connectivity index (χ1n) is 8.55. The molecule has 0 saturated carbocycles. The van der Waals surface area contributed by atoms with E-state index in [1.807, 2.05) is 18.2 Å². The summed E-state index contributed by atoms with van der Waals surface area (Å²) >= 11 is 1.73. The number of halogens is 1. The summed E-state index contributed by atoms with van der Waals surface area (Å²) in [6.07, 6.45) is 0.198. The van der Waals surface area contributed by atoms with Gasteiger partial charge in [0.25, 0.3) is 0 Å². The van der Waals surface area contributed by atoms with Crippen molar-refractivity contribution in [3.63, 3.8) is 0 Å². The van der Waals surface area contributed by atoms with Crippen LogP contribution >= 0.6 is 11.3 Å². The fraction of sp³-hybridized carbons (Fsp3) is 0.190. The molecule has 3 rings (SSSR count). The summed E-state index contributed by atoms with van der Waals surface area (Å²) < 4.78 is 13.1. The van der Waals surface area contributed by atoms with Gasteiger partial charge in [0.2, 0.25) is 5.91 Å². The maximum absolute atomic E-state index is 13.1. The number of nitrogens with one attached hydrogen (secondary N) is 2. The molecule has 0 unspecified atom stereocenters. The highest BCUT2D eigenvalue weighted by Crippen LogP contribution is 2.25. The van der Waals surface area contributed by atoms with Gasteiger partial charge in [0.05, 0.1) is 6.42 Å². The minimum Gasteiger partial charge on any atom is -0.355 e. The van der Waals surface area contributed by atoms with Gasteiger partial charge in [-0.3, -0.25) is 4.79 Å². The third-order valence-corrected chi connectivity index (χ3v) is 4.87. The topological polar surface area (TPSA) is 41.1 Å². The van der Waals surface area contributed by atoms with E-state index in [0.717, 1.165) is 6.54 Å². The third-order valence-electron chi connectivity index (χ3n) is 3.94. The van der Waals surface area contributed by atoms with Gasteiger partial charge in [0, 0.05) is 24.5 Å². The average Bonchev–Trinajstić information content (AvgIpc) is 3.11. The molecule has 5 heteroatoms. The molecule has 0 aliphatic rings. The van der Waals surface area contributed by atoms with Crippen LogP contribution in [-0.4, -0.2) is 19.0 Å². The number of hydrogen-bond acceptors (Lipinski definition) is 3. The Morgan fingerprint density at radius 2 is 1.81 bits per heavy atom. The molecule has 2 aromatic carbocycles. The van der Waals surface area contributed by atoms with Crippen molar-refractivity contribution in [2.45, 2.75) is 13.0 Å². The zero-order valence-electron chi connectivity index (χ0n) is 14.4. The number of carbonyl (C=O) groups excluding carboxylic acids is 1. The highest BCUT2D eigenvalue weighted by Gasteiger charge is 2.04. The second-order valence-electron chi connectivity index (χ2n) is 6.00. The number of rotatable bonds is 8. The molecule has 1 heterocycles. The molecule has 0 saturated heterocycles. The average molecular weight is 368 g/mol. The van der Waals surface area contributed by atoms with Crippen molar-refractivity contribution >= 4 is 17.2 Å². The van der Waals surface area contributed by atoms with E-state index in [2.05, 4.69) is 34.2 Å². The predicted molar refractivity (Wildman–Crippen MR) is 105 cm³/mol. The third kappa shape index (κ3) is 5.51. The molecule has 1 amide bonds. The number of hydrogen-bond donors (Lipinski definition) is 2. The van der Waals surface area contributed by atoms with Gasteiger partial charge >= 0.3 is 0 Å². The van der Waals surface area contributed by atoms with Gasteiger partial charge in [-0.2, -0.15) is 0 Å². The van der Waals surface area contributed by atoms with Crippen LogP contribution in [0.5, 0.6) is 0 Å². The molecule has 134 valence electrons. The molecule has 0 radical (unpaired) electrons. The van der Waals surface area contributed by atoms with Crippen LogP contribution in [0.1, 0.15) is 10.4 Å². The Morgan fingerprint density at radius 3 is 2.62 bits per heavy atom. The number of thiophene rings is 1. The molecular weight excluding hydrogens is 347 g/mol. The van der Waals surface area contributed by atoms with E-state index in [4.69, 9.17) is 0 Å². The van der Waals surface area contributed by atoms with Crippen LogP contribution in [0, 0.1) is 5.82 Å². The fourth-order valence-corrected chi connectivity index (χ4v) is 3.51. The lowest BCUT2D eigenvalue weighted by Crippen LogP contribution is -2.32. The van der Waals surface area contributed by atoms with Crippen LogP contribution in [0.2, 0.25) is 0 Å². The minimum absolute atomic E-state index is 0.0973. The summed E-state index contributed by atoms with van der Waals surface area (Å²) in [7, 11) is 0. The van der Waals surface area contributed by atoms with Crippen LogP contribution < -0.4 is 10.6 Å². The summed E-state index contributed by atoms with van der Waals surface area (Å²) in [5.74, 6) is -0.414. The van der Waals surface area contributed by atoms with Crippen LogP contribution in [0.3, 0.4) is 0 Å². The SMILES string of the molecule is O=C(Cc1cccc(F)c1)NCCNCc1cc(-c2ccccc2)cs1. The number of benzene rings is 2. The van der Waals surface area contributed by atoms with E-state index in [9.17, 15) is 9.18 Å². The molecule has 0 aliphatic heterocycles.